The summed E-state index contributed by atoms with van der Waals surface area (Å²) >= 11 is 0. The van der Waals surface area contributed by atoms with Crippen molar-refractivity contribution in [3.05, 3.63) is 30.3 Å². The van der Waals surface area contributed by atoms with E-state index in [1.165, 1.54) is 0 Å². The molecule has 0 aliphatic rings. The molecule has 0 aliphatic heterocycles. The predicted octanol–water partition coefficient (Wildman–Crippen LogP) is 2.16. The summed E-state index contributed by atoms with van der Waals surface area (Å²) in [6.45, 7) is 0.815. The van der Waals surface area contributed by atoms with Crippen molar-refractivity contribution in [1.82, 2.24) is 0 Å². The molecule has 0 amide bonds. The fourth-order valence-electron chi connectivity index (χ4n) is 1.37. The van der Waals surface area contributed by atoms with Crippen molar-refractivity contribution >= 4 is 15.8 Å². The normalized spacial score (nSPS) is 11.3. The van der Waals surface area contributed by atoms with Crippen molar-refractivity contribution in [3.8, 4) is 0 Å². The molecule has 0 bridgehead atoms. The Kier molecular flexibility index (Phi) is 5.28. The second-order valence-corrected chi connectivity index (χ2v) is 5.21. The summed E-state index contributed by atoms with van der Waals surface area (Å²) in [5, 5.41) is 3.23. The molecule has 0 saturated carbocycles. The molecule has 1 rings (SSSR count). The van der Waals surface area contributed by atoms with Crippen LogP contribution in [0.5, 0.6) is 0 Å². The molecule has 0 aromatic heterocycles. The van der Waals surface area contributed by atoms with Crippen molar-refractivity contribution in [2.24, 2.45) is 0 Å². The van der Waals surface area contributed by atoms with Crippen LogP contribution < -0.4 is 5.32 Å². The standard InChI is InChI=1S/C11H17NO3S/c13-16(14,15)10-6-2-5-9-12-11-7-3-1-4-8-11/h1,3-4,7-8,12H,2,5-6,9-10H2,(H,13,14,15). The Morgan fingerprint density at radius 2 is 1.75 bits per heavy atom. The van der Waals surface area contributed by atoms with Gasteiger partial charge in [0.25, 0.3) is 10.1 Å². The quantitative estimate of drug-likeness (QED) is 0.569. The van der Waals surface area contributed by atoms with Crippen molar-refractivity contribution in [1.29, 1.82) is 0 Å². The molecule has 0 saturated heterocycles. The van der Waals surface area contributed by atoms with Gasteiger partial charge in [0.05, 0.1) is 5.75 Å². The van der Waals surface area contributed by atoms with Gasteiger partial charge in [0.2, 0.25) is 0 Å². The predicted molar refractivity (Wildman–Crippen MR) is 65.2 cm³/mol. The van der Waals surface area contributed by atoms with Crippen LogP contribution in [0.25, 0.3) is 0 Å². The van der Waals surface area contributed by atoms with E-state index in [0.29, 0.717) is 6.42 Å². The minimum atomic E-state index is -3.78. The molecular formula is C11H17NO3S. The van der Waals surface area contributed by atoms with Crippen LogP contribution in [0.4, 0.5) is 5.69 Å². The monoisotopic (exact) mass is 243 g/mol. The summed E-state index contributed by atoms with van der Waals surface area (Å²) in [6.07, 6.45) is 2.19. The average Bonchev–Trinajstić information content (AvgIpc) is 2.23. The molecule has 16 heavy (non-hydrogen) atoms. The van der Waals surface area contributed by atoms with E-state index in [4.69, 9.17) is 4.55 Å². The van der Waals surface area contributed by atoms with Gasteiger partial charge in [0.15, 0.2) is 0 Å². The number of hydrogen-bond acceptors (Lipinski definition) is 3. The van der Waals surface area contributed by atoms with Crippen LogP contribution in [0.3, 0.4) is 0 Å². The zero-order valence-electron chi connectivity index (χ0n) is 9.09. The van der Waals surface area contributed by atoms with E-state index in [2.05, 4.69) is 5.32 Å². The minimum Gasteiger partial charge on any atom is -0.385 e. The van der Waals surface area contributed by atoms with E-state index in [0.717, 1.165) is 25.1 Å². The molecule has 5 heteroatoms. The highest BCUT2D eigenvalue weighted by Gasteiger charge is 2.02. The Bertz CT molecular complexity index is 389. The summed E-state index contributed by atoms with van der Waals surface area (Å²) in [6, 6.07) is 9.84. The first kappa shape index (κ1) is 13.0. The molecule has 4 nitrogen and oxygen atoms in total. The molecule has 1 aromatic rings. The molecule has 0 radical (unpaired) electrons. The van der Waals surface area contributed by atoms with Crippen LogP contribution >= 0.6 is 0 Å². The molecule has 0 spiro atoms. The van der Waals surface area contributed by atoms with Gasteiger partial charge in [-0.25, -0.2) is 0 Å². The van der Waals surface area contributed by atoms with Gasteiger partial charge in [0, 0.05) is 12.2 Å². The van der Waals surface area contributed by atoms with E-state index in [9.17, 15) is 8.42 Å². The Balaban J connectivity index is 2.05. The average molecular weight is 243 g/mol. The lowest BCUT2D eigenvalue weighted by Crippen LogP contribution is -2.05. The van der Waals surface area contributed by atoms with Gasteiger partial charge in [0.1, 0.15) is 0 Å². The second-order valence-electron chi connectivity index (χ2n) is 3.64. The maximum absolute atomic E-state index is 10.4. The van der Waals surface area contributed by atoms with Crippen LogP contribution in [-0.2, 0) is 10.1 Å². The van der Waals surface area contributed by atoms with Crippen LogP contribution in [0.1, 0.15) is 19.3 Å². The number of unbranched alkanes of at least 4 members (excludes halogenated alkanes) is 2. The topological polar surface area (TPSA) is 66.4 Å². The molecule has 0 atom stereocenters. The van der Waals surface area contributed by atoms with E-state index >= 15 is 0 Å². The maximum Gasteiger partial charge on any atom is 0.264 e. The Hall–Kier alpha value is -1.07. The summed E-state index contributed by atoms with van der Waals surface area (Å²) < 4.78 is 29.4. The number of para-hydroxylation sites is 1. The minimum absolute atomic E-state index is 0.141. The lowest BCUT2D eigenvalue weighted by atomic mass is 10.2. The SMILES string of the molecule is O=S(=O)(O)CCCCCNc1ccccc1. The summed E-state index contributed by atoms with van der Waals surface area (Å²) in [5.41, 5.74) is 1.07. The first-order valence-corrected chi connectivity index (χ1v) is 6.93. The number of nitrogens with one attached hydrogen (secondary N) is 1. The van der Waals surface area contributed by atoms with Crippen LogP contribution in [0.2, 0.25) is 0 Å². The summed E-state index contributed by atoms with van der Waals surface area (Å²) in [4.78, 5) is 0. The molecular weight excluding hydrogens is 226 g/mol. The van der Waals surface area contributed by atoms with Crippen molar-refractivity contribution in [3.63, 3.8) is 0 Å². The van der Waals surface area contributed by atoms with Gasteiger partial charge >= 0.3 is 0 Å². The van der Waals surface area contributed by atoms with E-state index < -0.39 is 10.1 Å². The lowest BCUT2D eigenvalue weighted by molar-refractivity contribution is 0.479. The summed E-state index contributed by atoms with van der Waals surface area (Å²) in [5.74, 6) is -0.141. The highest BCUT2D eigenvalue weighted by atomic mass is 32.2. The van der Waals surface area contributed by atoms with E-state index in [-0.39, 0.29) is 5.75 Å². The summed E-state index contributed by atoms with van der Waals surface area (Å²) in [7, 11) is -3.78. The van der Waals surface area contributed by atoms with Crippen LogP contribution in [-0.4, -0.2) is 25.3 Å². The first-order valence-electron chi connectivity index (χ1n) is 5.32. The van der Waals surface area contributed by atoms with E-state index in [1.54, 1.807) is 0 Å². The van der Waals surface area contributed by atoms with Crippen molar-refractivity contribution in [2.45, 2.75) is 19.3 Å². The fraction of sp³-hybridized carbons (Fsp3) is 0.455. The number of anilines is 1. The third-order valence-electron chi connectivity index (χ3n) is 2.18. The molecule has 2 N–H and O–H groups in total. The smallest absolute Gasteiger partial charge is 0.264 e. The molecule has 1 aromatic carbocycles. The Morgan fingerprint density at radius 1 is 1.06 bits per heavy atom. The highest BCUT2D eigenvalue weighted by molar-refractivity contribution is 7.85. The zero-order valence-corrected chi connectivity index (χ0v) is 9.91. The fourth-order valence-corrected chi connectivity index (χ4v) is 1.94. The number of benzene rings is 1. The second kappa shape index (κ2) is 6.50. The van der Waals surface area contributed by atoms with Gasteiger partial charge in [-0.3, -0.25) is 4.55 Å². The van der Waals surface area contributed by atoms with Gasteiger partial charge in [-0.1, -0.05) is 24.6 Å². The first-order chi connectivity index (χ1) is 7.58. The molecule has 0 heterocycles. The van der Waals surface area contributed by atoms with Gasteiger partial charge in [-0.05, 0) is 25.0 Å². The van der Waals surface area contributed by atoms with Crippen molar-refractivity contribution in [2.75, 3.05) is 17.6 Å². The molecule has 0 aliphatic carbocycles. The highest BCUT2D eigenvalue weighted by Crippen LogP contribution is 2.05. The molecule has 0 fully saturated rings. The maximum atomic E-state index is 10.4. The van der Waals surface area contributed by atoms with Crippen molar-refractivity contribution < 1.29 is 13.0 Å². The molecule has 90 valence electrons. The van der Waals surface area contributed by atoms with Gasteiger partial charge in [-0.2, -0.15) is 8.42 Å². The zero-order chi connectivity index (χ0) is 11.9. The number of hydrogen-bond donors (Lipinski definition) is 2. The van der Waals surface area contributed by atoms with E-state index in [1.807, 2.05) is 30.3 Å². The third-order valence-corrected chi connectivity index (χ3v) is 2.99. The van der Waals surface area contributed by atoms with Gasteiger partial charge < -0.3 is 5.32 Å². The third kappa shape index (κ3) is 6.42. The van der Waals surface area contributed by atoms with Crippen LogP contribution in [0, 0.1) is 0 Å². The largest absolute Gasteiger partial charge is 0.385 e. The Labute approximate surface area is 96.4 Å². The van der Waals surface area contributed by atoms with Crippen LogP contribution in [0.15, 0.2) is 30.3 Å². The van der Waals surface area contributed by atoms with Gasteiger partial charge in [-0.15, -0.1) is 0 Å². The number of rotatable bonds is 7. The Morgan fingerprint density at radius 3 is 2.38 bits per heavy atom. The lowest BCUT2D eigenvalue weighted by Gasteiger charge is -2.05. The molecule has 0 unspecified atom stereocenters.